The van der Waals surface area contributed by atoms with Crippen LogP contribution in [0.2, 0.25) is 0 Å². The number of amides is 1. The first-order valence-corrected chi connectivity index (χ1v) is 5.93. The van der Waals surface area contributed by atoms with Crippen LogP contribution in [0.15, 0.2) is 30.3 Å². The Morgan fingerprint density at radius 1 is 1.41 bits per heavy atom. The Labute approximate surface area is 103 Å². The highest BCUT2D eigenvalue weighted by atomic mass is 16.2. The highest BCUT2D eigenvalue weighted by Crippen LogP contribution is 2.16. The molecule has 0 fully saturated rings. The van der Waals surface area contributed by atoms with Crippen molar-refractivity contribution in [2.45, 2.75) is 19.3 Å². The molecule has 0 aliphatic heterocycles. The number of nitrogens with one attached hydrogen (secondary N) is 1. The van der Waals surface area contributed by atoms with E-state index in [9.17, 15) is 4.79 Å². The summed E-state index contributed by atoms with van der Waals surface area (Å²) in [4.78, 5) is 13.9. The van der Waals surface area contributed by atoms with Gasteiger partial charge in [-0.25, -0.2) is 5.84 Å². The summed E-state index contributed by atoms with van der Waals surface area (Å²) in [6.45, 7) is 3.78. The molecule has 4 heteroatoms. The molecule has 0 aliphatic carbocycles. The Bertz CT molecular complexity index is 340. The van der Waals surface area contributed by atoms with E-state index in [1.807, 2.05) is 37.4 Å². The standard InChI is InChI=1S/C13H21N3O/c1-3-9-16(2)10-12(13(17)15-14)11-7-5-4-6-8-11/h4-8,12H,3,9-10,14H2,1-2H3,(H,15,17). The number of hydrogen-bond acceptors (Lipinski definition) is 3. The van der Waals surface area contributed by atoms with Crippen molar-refractivity contribution in [3.63, 3.8) is 0 Å². The van der Waals surface area contributed by atoms with Crippen molar-refractivity contribution >= 4 is 5.91 Å². The summed E-state index contributed by atoms with van der Waals surface area (Å²) < 4.78 is 0. The van der Waals surface area contributed by atoms with Crippen LogP contribution in [0.3, 0.4) is 0 Å². The first-order chi connectivity index (χ1) is 8.19. The monoisotopic (exact) mass is 235 g/mol. The van der Waals surface area contributed by atoms with Crippen LogP contribution in [0, 0.1) is 0 Å². The molecule has 94 valence electrons. The van der Waals surface area contributed by atoms with E-state index in [4.69, 9.17) is 5.84 Å². The summed E-state index contributed by atoms with van der Waals surface area (Å²) in [5.41, 5.74) is 3.24. The number of hydrogen-bond donors (Lipinski definition) is 2. The van der Waals surface area contributed by atoms with Crippen molar-refractivity contribution in [1.29, 1.82) is 0 Å². The average molecular weight is 235 g/mol. The number of carbonyl (C=O) groups excluding carboxylic acids is 1. The van der Waals surface area contributed by atoms with Gasteiger partial charge in [-0.05, 0) is 25.6 Å². The largest absolute Gasteiger partial charge is 0.305 e. The number of nitrogens with two attached hydrogens (primary N) is 1. The van der Waals surface area contributed by atoms with Gasteiger partial charge in [0.05, 0.1) is 5.92 Å². The van der Waals surface area contributed by atoms with Crippen LogP contribution in [0.5, 0.6) is 0 Å². The summed E-state index contributed by atoms with van der Waals surface area (Å²) >= 11 is 0. The Balaban J connectivity index is 2.78. The molecule has 3 N–H and O–H groups in total. The number of benzene rings is 1. The fourth-order valence-electron chi connectivity index (χ4n) is 1.91. The topological polar surface area (TPSA) is 58.4 Å². The second-order valence-electron chi connectivity index (χ2n) is 4.23. The van der Waals surface area contributed by atoms with Gasteiger partial charge in [-0.1, -0.05) is 37.3 Å². The third-order valence-corrected chi connectivity index (χ3v) is 2.76. The molecule has 17 heavy (non-hydrogen) atoms. The van der Waals surface area contributed by atoms with Crippen molar-refractivity contribution in [2.75, 3.05) is 20.1 Å². The van der Waals surface area contributed by atoms with Crippen molar-refractivity contribution in [1.82, 2.24) is 10.3 Å². The highest BCUT2D eigenvalue weighted by molar-refractivity contribution is 5.83. The quantitative estimate of drug-likeness (QED) is 0.441. The van der Waals surface area contributed by atoms with Crippen molar-refractivity contribution < 1.29 is 4.79 Å². The van der Waals surface area contributed by atoms with E-state index >= 15 is 0 Å². The van der Waals surface area contributed by atoms with Crippen molar-refractivity contribution in [2.24, 2.45) is 5.84 Å². The molecule has 1 amide bonds. The first-order valence-electron chi connectivity index (χ1n) is 5.93. The molecule has 0 saturated carbocycles. The molecule has 1 rings (SSSR count). The lowest BCUT2D eigenvalue weighted by atomic mass is 9.98. The van der Waals surface area contributed by atoms with Gasteiger partial charge in [0.15, 0.2) is 0 Å². The fourth-order valence-corrected chi connectivity index (χ4v) is 1.91. The van der Waals surface area contributed by atoms with E-state index in [0.717, 1.165) is 18.5 Å². The van der Waals surface area contributed by atoms with Gasteiger partial charge in [-0.2, -0.15) is 0 Å². The minimum Gasteiger partial charge on any atom is -0.305 e. The van der Waals surface area contributed by atoms with Crippen molar-refractivity contribution in [3.05, 3.63) is 35.9 Å². The molecular formula is C13H21N3O. The second-order valence-corrected chi connectivity index (χ2v) is 4.23. The molecule has 1 aromatic rings. The van der Waals surface area contributed by atoms with Crippen LogP contribution in [-0.4, -0.2) is 30.9 Å². The predicted octanol–water partition coefficient (Wildman–Crippen LogP) is 1.10. The zero-order valence-corrected chi connectivity index (χ0v) is 10.5. The maximum atomic E-state index is 11.8. The van der Waals surface area contributed by atoms with Gasteiger partial charge in [0.2, 0.25) is 5.91 Å². The minimum absolute atomic E-state index is 0.140. The molecule has 0 radical (unpaired) electrons. The summed E-state index contributed by atoms with van der Waals surface area (Å²) in [5.74, 6) is 4.89. The summed E-state index contributed by atoms with van der Waals surface area (Å²) in [6, 6.07) is 9.73. The normalized spacial score (nSPS) is 12.5. The molecule has 0 saturated heterocycles. The average Bonchev–Trinajstić information content (AvgIpc) is 2.36. The Morgan fingerprint density at radius 3 is 2.59 bits per heavy atom. The van der Waals surface area contributed by atoms with Gasteiger partial charge in [-0.15, -0.1) is 0 Å². The van der Waals surface area contributed by atoms with E-state index in [1.54, 1.807) is 0 Å². The van der Waals surface area contributed by atoms with E-state index in [1.165, 1.54) is 0 Å². The van der Waals surface area contributed by atoms with Gasteiger partial charge >= 0.3 is 0 Å². The lowest BCUT2D eigenvalue weighted by Crippen LogP contribution is -2.39. The van der Waals surface area contributed by atoms with Crippen LogP contribution in [0.4, 0.5) is 0 Å². The smallest absolute Gasteiger partial charge is 0.242 e. The number of nitrogens with zero attached hydrogens (tertiary/aromatic N) is 1. The molecule has 4 nitrogen and oxygen atoms in total. The van der Waals surface area contributed by atoms with Gasteiger partial charge in [0, 0.05) is 6.54 Å². The molecule has 0 bridgehead atoms. The molecule has 1 aromatic carbocycles. The van der Waals surface area contributed by atoms with Gasteiger partial charge < -0.3 is 4.90 Å². The highest BCUT2D eigenvalue weighted by Gasteiger charge is 2.20. The number of rotatable bonds is 6. The minimum atomic E-state index is -0.210. The number of likely N-dealkylation sites (N-methyl/N-ethyl adjacent to an activating group) is 1. The van der Waals surface area contributed by atoms with E-state index in [0.29, 0.717) is 6.54 Å². The zero-order chi connectivity index (χ0) is 12.7. The van der Waals surface area contributed by atoms with Gasteiger partial charge in [0.25, 0.3) is 0 Å². The Hall–Kier alpha value is -1.39. The third kappa shape index (κ3) is 4.17. The molecule has 0 spiro atoms. The number of carbonyl (C=O) groups is 1. The Morgan fingerprint density at radius 2 is 2.06 bits per heavy atom. The van der Waals surface area contributed by atoms with Gasteiger partial charge in [0.1, 0.15) is 0 Å². The lowest BCUT2D eigenvalue weighted by Gasteiger charge is -2.22. The van der Waals surface area contributed by atoms with Crippen LogP contribution < -0.4 is 11.3 Å². The summed E-state index contributed by atoms with van der Waals surface area (Å²) in [5, 5.41) is 0. The molecule has 0 aliphatic rings. The summed E-state index contributed by atoms with van der Waals surface area (Å²) in [6.07, 6.45) is 1.07. The van der Waals surface area contributed by atoms with Crippen molar-refractivity contribution in [3.8, 4) is 0 Å². The zero-order valence-electron chi connectivity index (χ0n) is 10.5. The third-order valence-electron chi connectivity index (χ3n) is 2.76. The SMILES string of the molecule is CCCN(C)CC(C(=O)NN)c1ccccc1. The molecule has 0 heterocycles. The maximum Gasteiger partial charge on any atom is 0.242 e. The second kappa shape index (κ2) is 7.04. The van der Waals surface area contributed by atoms with E-state index in [-0.39, 0.29) is 11.8 Å². The Kier molecular flexibility index (Phi) is 5.66. The molecule has 0 aromatic heterocycles. The predicted molar refractivity (Wildman–Crippen MR) is 69.3 cm³/mol. The molecule has 1 atom stereocenters. The van der Waals surface area contributed by atoms with Gasteiger partial charge in [-0.3, -0.25) is 10.2 Å². The fraction of sp³-hybridized carbons (Fsp3) is 0.462. The maximum absolute atomic E-state index is 11.8. The lowest BCUT2D eigenvalue weighted by molar-refractivity contribution is -0.123. The number of hydrazine groups is 1. The van der Waals surface area contributed by atoms with Crippen LogP contribution in [0.1, 0.15) is 24.8 Å². The molecular weight excluding hydrogens is 214 g/mol. The van der Waals surface area contributed by atoms with Crippen LogP contribution >= 0.6 is 0 Å². The summed E-state index contributed by atoms with van der Waals surface area (Å²) in [7, 11) is 2.02. The first kappa shape index (κ1) is 13.7. The van der Waals surface area contributed by atoms with E-state index in [2.05, 4.69) is 17.2 Å². The van der Waals surface area contributed by atoms with Crippen LogP contribution in [0.25, 0.3) is 0 Å². The van der Waals surface area contributed by atoms with E-state index < -0.39 is 0 Å². The molecule has 1 unspecified atom stereocenters. The van der Waals surface area contributed by atoms with Crippen LogP contribution in [-0.2, 0) is 4.79 Å².